The summed E-state index contributed by atoms with van der Waals surface area (Å²) >= 11 is 0. The highest BCUT2D eigenvalue weighted by molar-refractivity contribution is 4.85. The van der Waals surface area contributed by atoms with Crippen LogP contribution >= 0.6 is 0 Å². The average Bonchev–Trinajstić information content (AvgIpc) is 2.50. The quantitative estimate of drug-likeness (QED) is 0.515. The van der Waals surface area contributed by atoms with Crippen LogP contribution in [0.15, 0.2) is 0 Å². The minimum absolute atomic E-state index is 0.158. The van der Waals surface area contributed by atoms with Gasteiger partial charge in [0.2, 0.25) is 0 Å². The molecule has 0 aliphatic heterocycles. The fraction of sp³-hybridized carbons (Fsp3) is 1.00. The Morgan fingerprint density at radius 1 is 1.50 bits per heavy atom. The van der Waals surface area contributed by atoms with Crippen LogP contribution in [0.5, 0.6) is 0 Å². The molecule has 1 aliphatic rings. The second kappa shape index (κ2) is 2.03. The van der Waals surface area contributed by atoms with Gasteiger partial charge in [0, 0.05) is 26.6 Å². The molecule has 0 bridgehead atoms. The predicted octanol–water partition coefficient (Wildman–Crippen LogP) is 1.16. The van der Waals surface area contributed by atoms with Gasteiger partial charge < -0.3 is 9.47 Å². The molecule has 8 heavy (non-hydrogen) atoms. The first-order valence-electron chi connectivity index (χ1n) is 3.02. The summed E-state index contributed by atoms with van der Waals surface area (Å²) in [5.41, 5.74) is 0. The zero-order valence-corrected chi connectivity index (χ0v) is 5.44. The van der Waals surface area contributed by atoms with Gasteiger partial charge in [-0.2, -0.15) is 0 Å². The van der Waals surface area contributed by atoms with Gasteiger partial charge >= 0.3 is 0 Å². The Bertz CT molecular complexity index is 76.6. The van der Waals surface area contributed by atoms with Gasteiger partial charge in [-0.25, -0.2) is 0 Å². The van der Waals surface area contributed by atoms with Crippen LogP contribution in [0.4, 0.5) is 0 Å². The SMILES string of the molecule is CCOC1(OC)CC1. The third-order valence-corrected chi connectivity index (χ3v) is 1.44. The molecule has 2 heteroatoms. The molecule has 0 atom stereocenters. The summed E-state index contributed by atoms with van der Waals surface area (Å²) in [6.07, 6.45) is 2.13. The second-order valence-corrected chi connectivity index (χ2v) is 2.05. The molecule has 0 unspecified atom stereocenters. The van der Waals surface area contributed by atoms with Crippen LogP contribution in [0.1, 0.15) is 19.8 Å². The van der Waals surface area contributed by atoms with Crippen LogP contribution in [0.3, 0.4) is 0 Å². The molecule has 2 nitrogen and oxygen atoms in total. The standard InChI is InChI=1S/C6H12O2/c1-3-8-6(7-2)4-5-6/h3-5H2,1-2H3. The van der Waals surface area contributed by atoms with Crippen molar-refractivity contribution in [3.05, 3.63) is 0 Å². The van der Waals surface area contributed by atoms with E-state index in [0.717, 1.165) is 19.4 Å². The summed E-state index contributed by atoms with van der Waals surface area (Å²) in [5.74, 6) is -0.158. The van der Waals surface area contributed by atoms with Crippen LogP contribution in [0.25, 0.3) is 0 Å². The van der Waals surface area contributed by atoms with Gasteiger partial charge in [-0.15, -0.1) is 0 Å². The van der Waals surface area contributed by atoms with Crippen molar-refractivity contribution < 1.29 is 9.47 Å². The molecule has 1 saturated carbocycles. The Balaban J connectivity index is 2.20. The minimum atomic E-state index is -0.158. The average molecular weight is 116 g/mol. The lowest BCUT2D eigenvalue weighted by atomic mass is 10.7. The molecule has 1 rings (SSSR count). The highest BCUT2D eigenvalue weighted by Crippen LogP contribution is 2.39. The number of ether oxygens (including phenoxy) is 2. The Morgan fingerprint density at radius 3 is 2.25 bits per heavy atom. The molecule has 0 heterocycles. The van der Waals surface area contributed by atoms with Crippen molar-refractivity contribution >= 4 is 0 Å². The molecule has 0 N–H and O–H groups in total. The molecule has 1 aliphatic carbocycles. The first kappa shape index (κ1) is 6.05. The molecular formula is C6H12O2. The van der Waals surface area contributed by atoms with Gasteiger partial charge in [0.1, 0.15) is 0 Å². The van der Waals surface area contributed by atoms with E-state index in [1.165, 1.54) is 0 Å². The summed E-state index contributed by atoms with van der Waals surface area (Å²) in [5, 5.41) is 0. The van der Waals surface area contributed by atoms with Gasteiger partial charge in [0.25, 0.3) is 0 Å². The van der Waals surface area contributed by atoms with Crippen LogP contribution < -0.4 is 0 Å². The summed E-state index contributed by atoms with van der Waals surface area (Å²) < 4.78 is 10.3. The van der Waals surface area contributed by atoms with E-state index in [2.05, 4.69) is 0 Å². The minimum Gasteiger partial charge on any atom is -0.353 e. The summed E-state index contributed by atoms with van der Waals surface area (Å²) in [4.78, 5) is 0. The zero-order valence-electron chi connectivity index (χ0n) is 5.44. The molecule has 0 aromatic rings. The third kappa shape index (κ3) is 1.01. The number of methoxy groups -OCH3 is 1. The predicted molar refractivity (Wildman–Crippen MR) is 30.6 cm³/mol. The maximum Gasteiger partial charge on any atom is 0.168 e. The van der Waals surface area contributed by atoms with E-state index < -0.39 is 0 Å². The van der Waals surface area contributed by atoms with E-state index in [9.17, 15) is 0 Å². The molecule has 0 radical (unpaired) electrons. The maximum atomic E-state index is 5.27. The van der Waals surface area contributed by atoms with Crippen LogP contribution in [0.2, 0.25) is 0 Å². The van der Waals surface area contributed by atoms with Crippen molar-refractivity contribution in [2.45, 2.75) is 25.6 Å². The molecule has 0 spiro atoms. The molecule has 0 aromatic carbocycles. The van der Waals surface area contributed by atoms with Crippen LogP contribution in [0, 0.1) is 0 Å². The highest BCUT2D eigenvalue weighted by Gasteiger charge is 2.43. The molecular weight excluding hydrogens is 104 g/mol. The summed E-state index contributed by atoms with van der Waals surface area (Å²) in [6, 6.07) is 0. The van der Waals surface area contributed by atoms with Crippen molar-refractivity contribution in [2.24, 2.45) is 0 Å². The van der Waals surface area contributed by atoms with E-state index >= 15 is 0 Å². The van der Waals surface area contributed by atoms with Gasteiger partial charge in [0.15, 0.2) is 5.79 Å². The lowest BCUT2D eigenvalue weighted by Crippen LogP contribution is -2.15. The first-order valence-corrected chi connectivity index (χ1v) is 3.02. The topological polar surface area (TPSA) is 18.5 Å². The molecule has 0 aromatic heterocycles. The van der Waals surface area contributed by atoms with Crippen molar-refractivity contribution in [2.75, 3.05) is 13.7 Å². The van der Waals surface area contributed by atoms with E-state index in [0.29, 0.717) is 0 Å². The van der Waals surface area contributed by atoms with Crippen molar-refractivity contribution in [3.8, 4) is 0 Å². The third-order valence-electron chi connectivity index (χ3n) is 1.44. The zero-order chi connectivity index (χ0) is 6.04. The van der Waals surface area contributed by atoms with Crippen molar-refractivity contribution in [1.29, 1.82) is 0 Å². The normalized spacial score (nSPS) is 23.2. The number of rotatable bonds is 3. The number of hydrogen-bond donors (Lipinski definition) is 0. The molecule has 0 saturated heterocycles. The maximum absolute atomic E-state index is 5.27. The highest BCUT2D eigenvalue weighted by atomic mass is 16.7. The van der Waals surface area contributed by atoms with Gasteiger partial charge in [0.05, 0.1) is 0 Å². The lowest BCUT2D eigenvalue weighted by molar-refractivity contribution is -0.144. The lowest BCUT2D eigenvalue weighted by Gasteiger charge is -2.11. The fourth-order valence-corrected chi connectivity index (χ4v) is 0.772. The largest absolute Gasteiger partial charge is 0.353 e. The molecule has 0 amide bonds. The van der Waals surface area contributed by atoms with Gasteiger partial charge in [-0.1, -0.05) is 0 Å². The first-order chi connectivity index (χ1) is 3.83. The Labute approximate surface area is 49.8 Å². The molecule has 48 valence electrons. The number of hydrogen-bond acceptors (Lipinski definition) is 2. The Hall–Kier alpha value is -0.0800. The van der Waals surface area contributed by atoms with E-state index in [-0.39, 0.29) is 5.79 Å². The fourth-order valence-electron chi connectivity index (χ4n) is 0.772. The van der Waals surface area contributed by atoms with E-state index in [1.807, 2.05) is 6.92 Å². The monoisotopic (exact) mass is 116 g/mol. The van der Waals surface area contributed by atoms with E-state index in [4.69, 9.17) is 9.47 Å². The smallest absolute Gasteiger partial charge is 0.168 e. The molecule has 1 fully saturated rings. The van der Waals surface area contributed by atoms with Crippen molar-refractivity contribution in [3.63, 3.8) is 0 Å². The second-order valence-electron chi connectivity index (χ2n) is 2.05. The van der Waals surface area contributed by atoms with Crippen LogP contribution in [-0.4, -0.2) is 19.5 Å². The Kier molecular flexibility index (Phi) is 1.54. The van der Waals surface area contributed by atoms with Gasteiger partial charge in [-0.3, -0.25) is 0 Å². The van der Waals surface area contributed by atoms with Gasteiger partial charge in [-0.05, 0) is 6.92 Å². The van der Waals surface area contributed by atoms with Crippen LogP contribution in [-0.2, 0) is 9.47 Å². The summed E-state index contributed by atoms with van der Waals surface area (Å²) in [7, 11) is 1.70. The summed E-state index contributed by atoms with van der Waals surface area (Å²) in [6.45, 7) is 2.74. The van der Waals surface area contributed by atoms with E-state index in [1.54, 1.807) is 7.11 Å². The van der Waals surface area contributed by atoms with Crippen molar-refractivity contribution in [1.82, 2.24) is 0 Å². The Morgan fingerprint density at radius 2 is 2.12 bits per heavy atom.